The Balaban J connectivity index is 2.68. The maximum atomic E-state index is 12.4. The second kappa shape index (κ2) is 8.89. The minimum atomic E-state index is -0.384. The highest BCUT2D eigenvalue weighted by molar-refractivity contribution is 5.74. The monoisotopic (exact) mass is 321 g/mol. The number of carbonyl (C=O) groups is 1. The average molecular weight is 321 g/mol. The van der Waals surface area contributed by atoms with Gasteiger partial charge in [-0.3, -0.25) is 0 Å². The Morgan fingerprint density at radius 2 is 1.70 bits per heavy atom. The van der Waals surface area contributed by atoms with Crippen LogP contribution in [0, 0.1) is 0 Å². The lowest BCUT2D eigenvalue weighted by Gasteiger charge is -2.29. The van der Waals surface area contributed by atoms with Gasteiger partial charge in [0.05, 0.1) is 12.1 Å². The van der Waals surface area contributed by atoms with Crippen LogP contribution in [0.5, 0.6) is 0 Å². The fourth-order valence-corrected chi connectivity index (χ4v) is 2.31. The van der Waals surface area contributed by atoms with Crippen molar-refractivity contribution in [1.82, 2.24) is 15.1 Å². The smallest absolute Gasteiger partial charge is 0.317 e. The molecular formula is C18H31N3O2. The molecule has 2 amide bonds. The van der Waals surface area contributed by atoms with E-state index in [1.54, 1.807) is 4.90 Å². The molecule has 1 aromatic carbocycles. The molecular weight excluding hydrogens is 290 g/mol. The molecule has 0 aliphatic rings. The summed E-state index contributed by atoms with van der Waals surface area (Å²) in [6.07, 6.45) is 0. The normalized spacial score (nSPS) is 11.6. The predicted octanol–water partition coefficient (Wildman–Crippen LogP) is 2.70. The van der Waals surface area contributed by atoms with Crippen molar-refractivity contribution in [2.24, 2.45) is 0 Å². The second-order valence-corrected chi connectivity index (χ2v) is 6.81. The van der Waals surface area contributed by atoms with Crippen molar-refractivity contribution < 1.29 is 9.53 Å². The van der Waals surface area contributed by atoms with Gasteiger partial charge in [-0.15, -0.1) is 0 Å². The van der Waals surface area contributed by atoms with E-state index < -0.39 is 0 Å². The Morgan fingerprint density at radius 1 is 1.13 bits per heavy atom. The molecule has 0 aliphatic heterocycles. The number of hydrogen-bond donors (Lipinski definition) is 1. The second-order valence-electron chi connectivity index (χ2n) is 6.81. The van der Waals surface area contributed by atoms with Crippen LogP contribution in [0.1, 0.15) is 31.9 Å². The summed E-state index contributed by atoms with van der Waals surface area (Å²) in [6.45, 7) is 8.48. The lowest BCUT2D eigenvalue weighted by molar-refractivity contribution is 0.0917. The van der Waals surface area contributed by atoms with E-state index in [2.05, 4.69) is 22.3 Å². The van der Waals surface area contributed by atoms with Gasteiger partial charge in [0.25, 0.3) is 0 Å². The van der Waals surface area contributed by atoms with Crippen molar-refractivity contribution in [3.8, 4) is 0 Å². The van der Waals surface area contributed by atoms with Gasteiger partial charge in [0, 0.05) is 26.7 Å². The number of carbonyl (C=O) groups excluding carboxylic acids is 1. The third kappa shape index (κ3) is 7.01. The Kier molecular flexibility index (Phi) is 7.52. The van der Waals surface area contributed by atoms with Crippen LogP contribution in [0.15, 0.2) is 24.3 Å². The number of benzene rings is 1. The highest BCUT2D eigenvalue weighted by atomic mass is 16.5. The lowest BCUT2D eigenvalue weighted by Crippen LogP contribution is -2.51. The van der Waals surface area contributed by atoms with Gasteiger partial charge in [-0.1, -0.05) is 24.3 Å². The lowest BCUT2D eigenvalue weighted by atomic mass is 10.1. The highest BCUT2D eigenvalue weighted by Crippen LogP contribution is 2.13. The van der Waals surface area contributed by atoms with Crippen LogP contribution in [-0.4, -0.2) is 55.7 Å². The van der Waals surface area contributed by atoms with Gasteiger partial charge in [0.15, 0.2) is 0 Å². The largest absolute Gasteiger partial charge is 0.379 e. The van der Waals surface area contributed by atoms with Crippen LogP contribution in [0.25, 0.3) is 0 Å². The standard InChI is InChI=1S/C18H31N3O2/c1-7-23-14-18(2,3)19-17(22)21(6)13-16-11-9-8-10-15(16)12-20(4)5/h8-11H,7,12-14H2,1-6H3,(H,19,22). The molecule has 0 unspecified atom stereocenters. The molecule has 0 aliphatic carbocycles. The predicted molar refractivity (Wildman–Crippen MR) is 94.4 cm³/mol. The summed E-state index contributed by atoms with van der Waals surface area (Å²) in [5.41, 5.74) is 2.03. The third-order valence-electron chi connectivity index (χ3n) is 3.47. The first-order valence-corrected chi connectivity index (χ1v) is 8.07. The van der Waals surface area contributed by atoms with Crippen molar-refractivity contribution in [2.75, 3.05) is 34.4 Å². The number of urea groups is 1. The molecule has 0 saturated heterocycles. The molecule has 1 rings (SSSR count). The van der Waals surface area contributed by atoms with Crippen LogP contribution >= 0.6 is 0 Å². The molecule has 0 bridgehead atoms. The zero-order chi connectivity index (χ0) is 17.5. The molecule has 0 aromatic heterocycles. The molecule has 1 N–H and O–H groups in total. The van der Waals surface area contributed by atoms with Gasteiger partial charge in [-0.05, 0) is 46.0 Å². The number of amides is 2. The van der Waals surface area contributed by atoms with E-state index in [1.807, 2.05) is 54.0 Å². The molecule has 5 heteroatoms. The Labute approximate surface area is 140 Å². The van der Waals surface area contributed by atoms with Crippen molar-refractivity contribution in [3.05, 3.63) is 35.4 Å². The Bertz CT molecular complexity index is 501. The topological polar surface area (TPSA) is 44.8 Å². The summed E-state index contributed by atoms with van der Waals surface area (Å²) < 4.78 is 5.42. The van der Waals surface area contributed by atoms with Crippen LogP contribution in [0.3, 0.4) is 0 Å². The molecule has 23 heavy (non-hydrogen) atoms. The average Bonchev–Trinajstić information content (AvgIpc) is 2.46. The maximum Gasteiger partial charge on any atom is 0.317 e. The Hall–Kier alpha value is -1.59. The molecule has 0 heterocycles. The van der Waals surface area contributed by atoms with Crippen LogP contribution < -0.4 is 5.32 Å². The first kappa shape index (κ1) is 19.5. The van der Waals surface area contributed by atoms with Gasteiger partial charge in [-0.25, -0.2) is 4.79 Å². The van der Waals surface area contributed by atoms with E-state index in [9.17, 15) is 4.79 Å². The van der Waals surface area contributed by atoms with E-state index in [4.69, 9.17) is 4.74 Å². The molecule has 130 valence electrons. The zero-order valence-corrected chi connectivity index (χ0v) is 15.3. The van der Waals surface area contributed by atoms with Crippen molar-refractivity contribution >= 4 is 6.03 Å². The number of rotatable bonds is 8. The number of ether oxygens (including phenoxy) is 1. The van der Waals surface area contributed by atoms with Gasteiger partial charge >= 0.3 is 6.03 Å². The van der Waals surface area contributed by atoms with Crippen LogP contribution in [0.4, 0.5) is 4.79 Å². The van der Waals surface area contributed by atoms with Gasteiger partial charge in [-0.2, -0.15) is 0 Å². The summed E-state index contributed by atoms with van der Waals surface area (Å²) in [7, 11) is 5.91. The third-order valence-corrected chi connectivity index (χ3v) is 3.47. The fourth-order valence-electron chi connectivity index (χ4n) is 2.31. The van der Waals surface area contributed by atoms with E-state index in [0.717, 1.165) is 6.54 Å². The SMILES string of the molecule is CCOCC(C)(C)NC(=O)N(C)Cc1ccccc1CN(C)C. The van der Waals surface area contributed by atoms with Crippen LogP contribution in [0.2, 0.25) is 0 Å². The van der Waals surface area contributed by atoms with E-state index >= 15 is 0 Å². The molecule has 5 nitrogen and oxygen atoms in total. The van der Waals surface area contributed by atoms with E-state index in [0.29, 0.717) is 19.8 Å². The highest BCUT2D eigenvalue weighted by Gasteiger charge is 2.22. The van der Waals surface area contributed by atoms with Crippen molar-refractivity contribution in [1.29, 1.82) is 0 Å². The number of nitrogens with one attached hydrogen (secondary N) is 1. The molecule has 0 atom stereocenters. The van der Waals surface area contributed by atoms with Crippen molar-refractivity contribution in [3.63, 3.8) is 0 Å². The minimum Gasteiger partial charge on any atom is -0.379 e. The summed E-state index contributed by atoms with van der Waals surface area (Å²) in [5, 5.41) is 3.02. The summed E-state index contributed by atoms with van der Waals surface area (Å²) in [5.74, 6) is 0. The van der Waals surface area contributed by atoms with Gasteiger partial charge < -0.3 is 19.9 Å². The summed E-state index contributed by atoms with van der Waals surface area (Å²) in [4.78, 5) is 16.2. The van der Waals surface area contributed by atoms with Crippen molar-refractivity contribution in [2.45, 2.75) is 39.4 Å². The number of nitrogens with zero attached hydrogens (tertiary/aromatic N) is 2. The molecule has 1 aromatic rings. The quantitative estimate of drug-likeness (QED) is 0.801. The minimum absolute atomic E-state index is 0.0886. The summed E-state index contributed by atoms with van der Waals surface area (Å²) >= 11 is 0. The fraction of sp³-hybridized carbons (Fsp3) is 0.611. The maximum absolute atomic E-state index is 12.4. The van der Waals surface area contributed by atoms with E-state index in [1.165, 1.54) is 11.1 Å². The molecule has 0 saturated carbocycles. The first-order valence-electron chi connectivity index (χ1n) is 8.07. The molecule has 0 spiro atoms. The molecule has 0 radical (unpaired) electrons. The van der Waals surface area contributed by atoms with Crippen LogP contribution in [-0.2, 0) is 17.8 Å². The summed E-state index contributed by atoms with van der Waals surface area (Å²) in [6, 6.07) is 8.15. The van der Waals surface area contributed by atoms with Gasteiger partial charge in [0.2, 0.25) is 0 Å². The van der Waals surface area contributed by atoms with Gasteiger partial charge in [0.1, 0.15) is 0 Å². The number of hydrogen-bond acceptors (Lipinski definition) is 3. The Morgan fingerprint density at radius 3 is 2.22 bits per heavy atom. The molecule has 0 fully saturated rings. The zero-order valence-electron chi connectivity index (χ0n) is 15.3. The van der Waals surface area contributed by atoms with E-state index in [-0.39, 0.29) is 11.6 Å². The first-order chi connectivity index (χ1) is 10.7.